The van der Waals surface area contributed by atoms with Crippen LogP contribution >= 0.6 is 0 Å². The van der Waals surface area contributed by atoms with E-state index in [-0.39, 0.29) is 0 Å². The van der Waals surface area contributed by atoms with Gasteiger partial charge in [0.15, 0.2) is 0 Å². The van der Waals surface area contributed by atoms with Gasteiger partial charge in [0, 0.05) is 40.7 Å². The monoisotopic (exact) mass is 660 g/mol. The lowest BCUT2D eigenvalue weighted by atomic mass is 9.89. The molecule has 0 saturated heterocycles. The summed E-state index contributed by atoms with van der Waals surface area (Å²) in [5, 5.41) is 2.42. The third-order valence-corrected chi connectivity index (χ3v) is 9.61. The standard InChI is InChI=1S/C49H44N2/c1-4-21-46(49(40-25-11-8-12-26-40)37(2)50(3)42-29-13-5-6-14-30-42)41-28-19-31-43(36-41)51(48-35-20-27-39-24-15-16-32-45(39)48)47-34-18-17-33-44(47)38-22-9-7-10-23-38/h5,7-36H,4,6H2,1-3H3/b46-21-,49-37+. The van der Waals surface area contributed by atoms with Gasteiger partial charge in [0.25, 0.3) is 0 Å². The molecule has 0 spiro atoms. The van der Waals surface area contributed by atoms with Gasteiger partial charge in [-0.1, -0.05) is 159 Å². The van der Waals surface area contributed by atoms with Gasteiger partial charge in [0.1, 0.15) is 0 Å². The van der Waals surface area contributed by atoms with Crippen LogP contribution in [0.3, 0.4) is 0 Å². The molecule has 0 N–H and O–H groups in total. The number of fused-ring (bicyclic) bond motifs is 1. The van der Waals surface area contributed by atoms with Gasteiger partial charge in [-0.3, -0.25) is 0 Å². The fourth-order valence-electron chi connectivity index (χ4n) is 7.04. The maximum Gasteiger partial charge on any atom is 0.0540 e. The molecule has 0 aliphatic heterocycles. The summed E-state index contributed by atoms with van der Waals surface area (Å²) in [4.78, 5) is 4.76. The number of para-hydroxylation sites is 1. The van der Waals surface area contributed by atoms with E-state index >= 15 is 0 Å². The van der Waals surface area contributed by atoms with E-state index in [4.69, 9.17) is 0 Å². The van der Waals surface area contributed by atoms with Crippen molar-refractivity contribution in [2.45, 2.75) is 26.7 Å². The molecular formula is C49H44N2. The lowest BCUT2D eigenvalue weighted by Crippen LogP contribution is -2.16. The lowest BCUT2D eigenvalue weighted by molar-refractivity contribution is 0.540. The van der Waals surface area contributed by atoms with E-state index in [0.717, 1.165) is 29.9 Å². The molecule has 0 aromatic heterocycles. The molecular weight excluding hydrogens is 617 g/mol. The molecule has 2 nitrogen and oxygen atoms in total. The van der Waals surface area contributed by atoms with Crippen LogP contribution in [0.1, 0.15) is 37.8 Å². The van der Waals surface area contributed by atoms with Gasteiger partial charge in [-0.15, -0.1) is 0 Å². The van der Waals surface area contributed by atoms with Crippen molar-refractivity contribution in [2.24, 2.45) is 0 Å². The molecule has 0 fully saturated rings. The van der Waals surface area contributed by atoms with Gasteiger partial charge in [-0.25, -0.2) is 0 Å². The van der Waals surface area contributed by atoms with Crippen molar-refractivity contribution in [1.82, 2.24) is 4.90 Å². The SMILES string of the molecule is CC/C=C(\C(=C(/C)N(C)C1=CC=CCC=C1)c1ccccc1)c1cccc(N(c2ccccc2-c2ccccc2)c2cccc3ccccc23)c1. The average Bonchev–Trinajstić information content (AvgIpc) is 3.49. The van der Waals surface area contributed by atoms with E-state index in [2.05, 4.69) is 219 Å². The number of hydrogen-bond donors (Lipinski definition) is 0. The third kappa shape index (κ3) is 7.13. The van der Waals surface area contributed by atoms with E-state index in [0.29, 0.717) is 0 Å². The van der Waals surface area contributed by atoms with Crippen molar-refractivity contribution in [3.05, 3.63) is 211 Å². The van der Waals surface area contributed by atoms with Crippen molar-refractivity contribution < 1.29 is 0 Å². The maximum absolute atomic E-state index is 2.44. The molecule has 0 saturated carbocycles. The van der Waals surface area contributed by atoms with Crippen LogP contribution in [0.4, 0.5) is 17.1 Å². The van der Waals surface area contributed by atoms with Crippen molar-refractivity contribution in [1.29, 1.82) is 0 Å². The zero-order valence-electron chi connectivity index (χ0n) is 29.7. The Morgan fingerprint density at radius 1 is 0.667 bits per heavy atom. The first-order chi connectivity index (χ1) is 25.1. The second-order valence-electron chi connectivity index (χ2n) is 12.8. The first-order valence-electron chi connectivity index (χ1n) is 17.9. The summed E-state index contributed by atoms with van der Waals surface area (Å²) in [5.74, 6) is 0. The van der Waals surface area contributed by atoms with Gasteiger partial charge < -0.3 is 9.80 Å². The molecule has 7 rings (SSSR count). The van der Waals surface area contributed by atoms with E-state index in [1.54, 1.807) is 0 Å². The number of nitrogens with zero attached hydrogens (tertiary/aromatic N) is 2. The summed E-state index contributed by atoms with van der Waals surface area (Å²) in [7, 11) is 2.18. The Morgan fingerprint density at radius 2 is 1.33 bits per heavy atom. The Bertz CT molecular complexity index is 2280. The molecule has 2 heteroatoms. The van der Waals surface area contributed by atoms with Gasteiger partial charge in [0.05, 0.1) is 11.4 Å². The maximum atomic E-state index is 2.44. The van der Waals surface area contributed by atoms with Crippen LogP contribution in [0.25, 0.3) is 33.0 Å². The highest BCUT2D eigenvalue weighted by Crippen LogP contribution is 2.45. The minimum atomic E-state index is 0.905. The molecule has 51 heavy (non-hydrogen) atoms. The predicted octanol–water partition coefficient (Wildman–Crippen LogP) is 13.5. The summed E-state index contributed by atoms with van der Waals surface area (Å²) >= 11 is 0. The fourth-order valence-corrected chi connectivity index (χ4v) is 7.04. The summed E-state index contributed by atoms with van der Waals surface area (Å²) in [6.07, 6.45) is 15.2. The number of allylic oxidation sites excluding steroid dienone is 9. The zero-order valence-corrected chi connectivity index (χ0v) is 29.7. The third-order valence-electron chi connectivity index (χ3n) is 9.61. The Morgan fingerprint density at radius 3 is 2.16 bits per heavy atom. The van der Waals surface area contributed by atoms with E-state index < -0.39 is 0 Å². The van der Waals surface area contributed by atoms with Crippen LogP contribution in [0.15, 0.2) is 200 Å². The molecule has 0 heterocycles. The first-order valence-corrected chi connectivity index (χ1v) is 17.9. The molecule has 0 unspecified atom stereocenters. The molecule has 0 radical (unpaired) electrons. The average molecular weight is 661 g/mol. The minimum Gasteiger partial charge on any atom is -0.348 e. The first kappa shape index (κ1) is 33.4. The smallest absolute Gasteiger partial charge is 0.0540 e. The molecule has 1 aliphatic rings. The van der Waals surface area contributed by atoms with Gasteiger partial charge in [-0.05, 0) is 83.8 Å². The highest BCUT2D eigenvalue weighted by Gasteiger charge is 2.22. The number of benzene rings is 6. The summed E-state index contributed by atoms with van der Waals surface area (Å²) in [5.41, 5.74) is 12.9. The van der Waals surface area contributed by atoms with Gasteiger partial charge in [0.2, 0.25) is 0 Å². The number of hydrogen-bond acceptors (Lipinski definition) is 2. The second-order valence-corrected chi connectivity index (χ2v) is 12.8. The van der Waals surface area contributed by atoms with Gasteiger partial charge in [-0.2, -0.15) is 0 Å². The predicted molar refractivity (Wildman–Crippen MR) is 220 cm³/mol. The molecule has 6 aromatic carbocycles. The fraction of sp³-hybridized carbons (Fsp3) is 0.102. The van der Waals surface area contributed by atoms with Crippen molar-refractivity contribution in [3.63, 3.8) is 0 Å². The summed E-state index contributed by atoms with van der Waals surface area (Å²) in [6, 6.07) is 54.7. The zero-order chi connectivity index (χ0) is 35.0. The van der Waals surface area contributed by atoms with Crippen molar-refractivity contribution in [2.75, 3.05) is 11.9 Å². The second kappa shape index (κ2) is 15.6. The Hall–Kier alpha value is -6.12. The topological polar surface area (TPSA) is 6.48 Å². The number of likely N-dealkylation sites (N-methyl/N-ethyl adjacent to an activating group) is 1. The molecule has 6 aromatic rings. The highest BCUT2D eigenvalue weighted by atomic mass is 15.1. The normalized spacial score (nSPS) is 13.4. The van der Waals surface area contributed by atoms with Crippen LogP contribution in [-0.4, -0.2) is 11.9 Å². The van der Waals surface area contributed by atoms with Crippen LogP contribution in [0.2, 0.25) is 0 Å². The van der Waals surface area contributed by atoms with Crippen LogP contribution in [0.5, 0.6) is 0 Å². The van der Waals surface area contributed by atoms with Crippen LogP contribution < -0.4 is 4.90 Å². The molecule has 250 valence electrons. The number of rotatable bonds is 10. The van der Waals surface area contributed by atoms with E-state index in [1.165, 1.54) is 55.6 Å². The molecule has 0 bridgehead atoms. The molecule has 1 aliphatic carbocycles. The Kier molecular flexibility index (Phi) is 10.2. The molecule has 0 atom stereocenters. The van der Waals surface area contributed by atoms with Gasteiger partial charge >= 0.3 is 0 Å². The van der Waals surface area contributed by atoms with Crippen molar-refractivity contribution in [3.8, 4) is 11.1 Å². The van der Waals surface area contributed by atoms with E-state index in [1.807, 2.05) is 0 Å². The summed E-state index contributed by atoms with van der Waals surface area (Å²) < 4.78 is 0. The number of anilines is 3. The largest absolute Gasteiger partial charge is 0.348 e. The van der Waals surface area contributed by atoms with Crippen LogP contribution in [-0.2, 0) is 0 Å². The molecule has 0 amide bonds. The quantitative estimate of drug-likeness (QED) is 0.135. The summed E-state index contributed by atoms with van der Waals surface area (Å²) in [6.45, 7) is 4.48. The van der Waals surface area contributed by atoms with Crippen LogP contribution in [0, 0.1) is 0 Å². The van der Waals surface area contributed by atoms with E-state index in [9.17, 15) is 0 Å². The Balaban J connectivity index is 1.45. The van der Waals surface area contributed by atoms with Crippen molar-refractivity contribution >= 4 is 39.0 Å². The highest BCUT2D eigenvalue weighted by molar-refractivity contribution is 6.07. The lowest BCUT2D eigenvalue weighted by Gasteiger charge is -2.30. The minimum absolute atomic E-state index is 0.905. The Labute approximate surface area is 303 Å².